The van der Waals surface area contributed by atoms with Gasteiger partial charge in [0.25, 0.3) is 0 Å². The van der Waals surface area contributed by atoms with Gasteiger partial charge in [-0.3, -0.25) is 4.98 Å². The van der Waals surface area contributed by atoms with Crippen molar-refractivity contribution in [2.75, 3.05) is 6.54 Å². The summed E-state index contributed by atoms with van der Waals surface area (Å²) >= 11 is 5.84. The largest absolute Gasteiger partial charge is 0.456 e. The zero-order valence-electron chi connectivity index (χ0n) is 11.8. The predicted molar refractivity (Wildman–Crippen MR) is 82.5 cm³/mol. The van der Waals surface area contributed by atoms with Gasteiger partial charge in [-0.15, -0.1) is 0 Å². The number of pyridine rings is 1. The van der Waals surface area contributed by atoms with Gasteiger partial charge in [0.15, 0.2) is 0 Å². The van der Waals surface area contributed by atoms with E-state index in [2.05, 4.69) is 24.1 Å². The van der Waals surface area contributed by atoms with Crippen LogP contribution in [0, 0.1) is 0 Å². The Hall–Kier alpha value is -1.58. The quantitative estimate of drug-likeness (QED) is 0.845. The third-order valence-electron chi connectivity index (χ3n) is 3.02. The first-order chi connectivity index (χ1) is 9.72. The van der Waals surface area contributed by atoms with Gasteiger partial charge in [-0.05, 0) is 49.4 Å². The van der Waals surface area contributed by atoms with Crippen molar-refractivity contribution in [3.8, 4) is 11.5 Å². The van der Waals surface area contributed by atoms with E-state index in [4.69, 9.17) is 16.3 Å². The predicted octanol–water partition coefficient (Wildman–Crippen LogP) is 4.59. The first-order valence-corrected chi connectivity index (χ1v) is 7.23. The lowest BCUT2D eigenvalue weighted by Crippen LogP contribution is -2.20. The lowest BCUT2D eigenvalue weighted by Gasteiger charge is -2.15. The zero-order valence-corrected chi connectivity index (χ0v) is 12.5. The Bertz CT molecular complexity index is 525. The molecule has 2 rings (SSSR count). The maximum absolute atomic E-state index is 5.84. The fraction of sp³-hybridized carbons (Fsp3) is 0.312. The molecule has 4 heteroatoms. The van der Waals surface area contributed by atoms with Crippen molar-refractivity contribution in [2.45, 2.75) is 26.3 Å². The molecule has 1 aromatic carbocycles. The van der Waals surface area contributed by atoms with Crippen LogP contribution in [0.4, 0.5) is 0 Å². The van der Waals surface area contributed by atoms with Crippen LogP contribution in [0.15, 0.2) is 42.6 Å². The topological polar surface area (TPSA) is 34.1 Å². The molecule has 0 radical (unpaired) electrons. The second-order valence-electron chi connectivity index (χ2n) is 4.49. The van der Waals surface area contributed by atoms with Crippen molar-refractivity contribution in [3.05, 3.63) is 53.3 Å². The van der Waals surface area contributed by atoms with Gasteiger partial charge in [0.1, 0.15) is 11.5 Å². The molecule has 1 atom stereocenters. The normalized spacial score (nSPS) is 12.2. The molecular weight excluding hydrogens is 272 g/mol. The fourth-order valence-corrected chi connectivity index (χ4v) is 2.13. The number of hydrogen-bond donors (Lipinski definition) is 1. The molecule has 0 aliphatic rings. The summed E-state index contributed by atoms with van der Waals surface area (Å²) in [4.78, 5) is 4.47. The molecule has 0 aliphatic heterocycles. The fourth-order valence-electron chi connectivity index (χ4n) is 2.00. The molecule has 0 bridgehead atoms. The van der Waals surface area contributed by atoms with Crippen molar-refractivity contribution < 1.29 is 4.74 Å². The van der Waals surface area contributed by atoms with Gasteiger partial charge in [-0.1, -0.05) is 25.4 Å². The minimum Gasteiger partial charge on any atom is -0.456 e. The van der Waals surface area contributed by atoms with Crippen molar-refractivity contribution >= 4 is 11.6 Å². The van der Waals surface area contributed by atoms with E-state index in [1.165, 1.54) is 0 Å². The minimum absolute atomic E-state index is 0.296. The second kappa shape index (κ2) is 7.27. The van der Waals surface area contributed by atoms with Gasteiger partial charge >= 0.3 is 0 Å². The molecule has 1 N–H and O–H groups in total. The molecule has 0 spiro atoms. The summed E-state index contributed by atoms with van der Waals surface area (Å²) in [6.45, 7) is 5.18. The standard InChI is InChI=1S/C16H19ClN2O/c1-3-15(18-4-2)16-10-9-14(11-19-16)20-13-7-5-12(17)6-8-13/h5-11,15,18H,3-4H2,1-2H3. The summed E-state index contributed by atoms with van der Waals surface area (Å²) < 4.78 is 5.72. The van der Waals surface area contributed by atoms with E-state index in [1.807, 2.05) is 24.3 Å². The highest BCUT2D eigenvalue weighted by atomic mass is 35.5. The molecule has 106 valence electrons. The molecule has 1 aromatic heterocycles. The van der Waals surface area contributed by atoms with Crippen LogP contribution in [0.5, 0.6) is 11.5 Å². The number of benzene rings is 1. The van der Waals surface area contributed by atoms with E-state index >= 15 is 0 Å². The number of nitrogens with one attached hydrogen (secondary N) is 1. The summed E-state index contributed by atoms with van der Waals surface area (Å²) in [5, 5.41) is 4.10. The van der Waals surface area contributed by atoms with Gasteiger partial charge in [-0.2, -0.15) is 0 Å². The van der Waals surface area contributed by atoms with Gasteiger partial charge in [-0.25, -0.2) is 0 Å². The highest BCUT2D eigenvalue weighted by Gasteiger charge is 2.09. The van der Waals surface area contributed by atoms with E-state index in [0.29, 0.717) is 11.1 Å². The molecule has 0 saturated carbocycles. The summed E-state index contributed by atoms with van der Waals surface area (Å²) in [6.07, 6.45) is 2.77. The summed E-state index contributed by atoms with van der Waals surface area (Å²) in [5.41, 5.74) is 1.04. The van der Waals surface area contributed by atoms with Crippen LogP contribution in [0.1, 0.15) is 32.0 Å². The van der Waals surface area contributed by atoms with Gasteiger partial charge < -0.3 is 10.1 Å². The van der Waals surface area contributed by atoms with Crippen LogP contribution in [-0.2, 0) is 0 Å². The van der Waals surface area contributed by atoms with Crippen molar-refractivity contribution in [1.82, 2.24) is 10.3 Å². The monoisotopic (exact) mass is 290 g/mol. The molecule has 2 aromatic rings. The molecule has 0 fully saturated rings. The average molecular weight is 291 g/mol. The molecule has 0 aliphatic carbocycles. The van der Waals surface area contributed by atoms with Crippen LogP contribution in [0.3, 0.4) is 0 Å². The van der Waals surface area contributed by atoms with Crippen LogP contribution < -0.4 is 10.1 Å². The van der Waals surface area contributed by atoms with E-state index in [0.717, 1.165) is 30.2 Å². The highest BCUT2D eigenvalue weighted by Crippen LogP contribution is 2.23. The Kier molecular flexibility index (Phi) is 5.39. The first kappa shape index (κ1) is 14.8. The van der Waals surface area contributed by atoms with Crippen LogP contribution >= 0.6 is 11.6 Å². The second-order valence-corrected chi connectivity index (χ2v) is 4.93. The van der Waals surface area contributed by atoms with E-state index < -0.39 is 0 Å². The van der Waals surface area contributed by atoms with Crippen molar-refractivity contribution in [2.24, 2.45) is 0 Å². The molecular formula is C16H19ClN2O. The molecule has 3 nitrogen and oxygen atoms in total. The minimum atomic E-state index is 0.296. The Morgan fingerprint density at radius 3 is 2.35 bits per heavy atom. The lowest BCUT2D eigenvalue weighted by molar-refractivity contribution is 0.476. The lowest BCUT2D eigenvalue weighted by atomic mass is 10.1. The molecule has 0 saturated heterocycles. The van der Waals surface area contributed by atoms with Crippen LogP contribution in [0.25, 0.3) is 0 Å². The van der Waals surface area contributed by atoms with Gasteiger partial charge in [0.2, 0.25) is 0 Å². The SMILES string of the molecule is CCNC(CC)c1ccc(Oc2ccc(Cl)cc2)cn1. The molecule has 20 heavy (non-hydrogen) atoms. The average Bonchev–Trinajstić information content (AvgIpc) is 2.48. The Labute approximate surface area is 124 Å². The highest BCUT2D eigenvalue weighted by molar-refractivity contribution is 6.30. The van der Waals surface area contributed by atoms with Crippen molar-refractivity contribution in [3.63, 3.8) is 0 Å². The smallest absolute Gasteiger partial charge is 0.145 e. The van der Waals surface area contributed by atoms with Gasteiger partial charge in [0.05, 0.1) is 11.9 Å². The van der Waals surface area contributed by atoms with E-state index in [-0.39, 0.29) is 0 Å². The number of aromatic nitrogens is 1. The Morgan fingerprint density at radius 1 is 1.10 bits per heavy atom. The molecule has 0 amide bonds. The number of halogens is 1. The van der Waals surface area contributed by atoms with E-state index in [9.17, 15) is 0 Å². The van der Waals surface area contributed by atoms with E-state index in [1.54, 1.807) is 18.3 Å². The molecule has 1 unspecified atom stereocenters. The summed E-state index contributed by atoms with van der Waals surface area (Å²) in [6, 6.07) is 11.5. The van der Waals surface area contributed by atoms with Crippen molar-refractivity contribution in [1.29, 1.82) is 0 Å². The maximum Gasteiger partial charge on any atom is 0.145 e. The van der Waals surface area contributed by atoms with Crippen LogP contribution in [-0.4, -0.2) is 11.5 Å². The number of rotatable bonds is 6. The zero-order chi connectivity index (χ0) is 14.4. The summed E-state index contributed by atoms with van der Waals surface area (Å²) in [7, 11) is 0. The maximum atomic E-state index is 5.84. The van der Waals surface area contributed by atoms with Gasteiger partial charge in [0, 0.05) is 11.1 Å². The Morgan fingerprint density at radius 2 is 1.80 bits per heavy atom. The third-order valence-corrected chi connectivity index (χ3v) is 3.28. The number of nitrogens with zero attached hydrogens (tertiary/aromatic N) is 1. The summed E-state index contributed by atoms with van der Waals surface area (Å²) in [5.74, 6) is 1.48. The molecule has 1 heterocycles. The number of hydrogen-bond acceptors (Lipinski definition) is 3. The number of ether oxygens (including phenoxy) is 1. The third kappa shape index (κ3) is 3.95. The Balaban J connectivity index is 2.06. The van der Waals surface area contributed by atoms with Crippen LogP contribution in [0.2, 0.25) is 5.02 Å². The first-order valence-electron chi connectivity index (χ1n) is 6.85.